The Kier molecular flexibility index (Phi) is 14.4. The van der Waals surface area contributed by atoms with Gasteiger partial charge in [-0.05, 0) is 131 Å². The number of benzene rings is 2. The molecule has 5 N–H and O–H groups in total. The second-order valence-electron chi connectivity index (χ2n) is 21.1. The minimum atomic E-state index is -1.07. The second kappa shape index (κ2) is 20.9. The third-order valence-corrected chi connectivity index (χ3v) is 16.9. The number of halogens is 2. The number of rotatable bonds is 14. The maximum absolute atomic E-state index is 16.6. The first-order valence-electron chi connectivity index (χ1n) is 26.1. The molecule has 4 aliphatic heterocycles. The SMILES string of the molecule is CC1=C(F)C=C2OC(CNC3CCC(C(=O)N4CCC(CN5CCC(c6ccc7c(N8CCC(=O)NC8=O)nn(C)c7c6)CC5)CC4)CC3)(C3=C=C=CC=C3)C(C)C2C1c1c(C(N)=O)ccc(OCCO)c1F. The molecule has 4 unspecified atom stereocenters. The number of hydrogen-bond acceptors (Lipinski definition) is 10. The van der Waals surface area contributed by atoms with Crippen molar-refractivity contribution in [3.63, 3.8) is 0 Å². The molecule has 4 atom stereocenters. The number of piperidine rings is 2. The van der Waals surface area contributed by atoms with E-state index in [9.17, 15) is 24.3 Å². The number of fused-ring (bicyclic) bond motifs is 2. The summed E-state index contributed by atoms with van der Waals surface area (Å²) in [6.45, 7) is 8.36. The van der Waals surface area contributed by atoms with E-state index in [-0.39, 0.29) is 65.9 Å². The number of aromatic nitrogens is 2. The molecule has 17 heteroatoms. The van der Waals surface area contributed by atoms with Gasteiger partial charge in [0.05, 0.1) is 12.1 Å². The highest BCUT2D eigenvalue weighted by molar-refractivity contribution is 6.08. The number of imide groups is 1. The Balaban J connectivity index is 0.723. The number of carbonyl (C=O) groups excluding carboxylic acids is 4. The van der Waals surface area contributed by atoms with Crippen LogP contribution >= 0.6 is 0 Å². The van der Waals surface area contributed by atoms with E-state index in [1.54, 1.807) is 17.9 Å². The van der Waals surface area contributed by atoms with Crippen LogP contribution in [0.15, 0.2) is 88.8 Å². The van der Waals surface area contributed by atoms with E-state index in [0.717, 1.165) is 95.0 Å². The van der Waals surface area contributed by atoms with Crippen molar-refractivity contribution in [3.8, 4) is 5.75 Å². The zero-order valence-corrected chi connectivity index (χ0v) is 41.9. The molecule has 3 aromatic rings. The lowest BCUT2D eigenvalue weighted by Crippen LogP contribution is -2.51. The van der Waals surface area contributed by atoms with E-state index in [1.165, 1.54) is 23.8 Å². The lowest BCUT2D eigenvalue weighted by Gasteiger charge is -2.40. The first kappa shape index (κ1) is 50.2. The average molecular weight is 1000 g/mol. The zero-order valence-electron chi connectivity index (χ0n) is 41.9. The normalized spacial score (nSPS) is 27.0. The average Bonchev–Trinajstić information content (AvgIpc) is 3.88. The zero-order chi connectivity index (χ0) is 51.1. The Morgan fingerprint density at radius 1 is 1.03 bits per heavy atom. The first-order valence-corrected chi connectivity index (χ1v) is 26.1. The summed E-state index contributed by atoms with van der Waals surface area (Å²) >= 11 is 0. The molecule has 5 fully saturated rings. The van der Waals surface area contributed by atoms with E-state index in [1.807, 2.05) is 30.8 Å². The van der Waals surface area contributed by atoms with Crippen LogP contribution in [0.3, 0.4) is 0 Å². The summed E-state index contributed by atoms with van der Waals surface area (Å²) in [5.74, 6) is -2.56. The Morgan fingerprint density at radius 3 is 2.49 bits per heavy atom. The van der Waals surface area contributed by atoms with Crippen molar-refractivity contribution in [1.82, 2.24) is 30.2 Å². The summed E-state index contributed by atoms with van der Waals surface area (Å²) in [5, 5.41) is 21.1. The molecular weight excluding hydrogens is 935 g/mol. The number of aryl methyl sites for hydroxylation is 1. The summed E-state index contributed by atoms with van der Waals surface area (Å²) in [6, 6.07) is 8.78. The van der Waals surface area contributed by atoms with Crippen molar-refractivity contribution < 1.29 is 42.5 Å². The number of primary amides is 1. The van der Waals surface area contributed by atoms with Gasteiger partial charge in [0.2, 0.25) is 17.7 Å². The smallest absolute Gasteiger partial charge is 0.329 e. The van der Waals surface area contributed by atoms with Crippen LogP contribution in [0.1, 0.15) is 105 Å². The topological polar surface area (TPSA) is 185 Å². The van der Waals surface area contributed by atoms with Crippen LogP contribution in [-0.4, -0.2) is 119 Å². The van der Waals surface area contributed by atoms with Crippen molar-refractivity contribution in [1.29, 1.82) is 0 Å². The number of aliphatic hydroxyl groups is 1. The van der Waals surface area contributed by atoms with E-state index >= 15 is 8.78 Å². The molecule has 73 heavy (non-hydrogen) atoms. The summed E-state index contributed by atoms with van der Waals surface area (Å²) in [6.07, 6.45) is 14.4. The summed E-state index contributed by atoms with van der Waals surface area (Å²) in [7, 11) is 1.89. The van der Waals surface area contributed by atoms with Crippen LogP contribution in [0, 0.1) is 29.5 Å². The molecule has 5 amide bonds. The van der Waals surface area contributed by atoms with Crippen molar-refractivity contribution in [2.24, 2.45) is 36.5 Å². The summed E-state index contributed by atoms with van der Waals surface area (Å²) < 4.78 is 46.8. The van der Waals surface area contributed by atoms with Gasteiger partial charge in [0, 0.05) is 104 Å². The fraction of sp³-hybridized carbons (Fsp3) is 0.518. The molecule has 10 rings (SSSR count). The Hall–Kier alpha value is -6.35. The van der Waals surface area contributed by atoms with Gasteiger partial charge >= 0.3 is 6.03 Å². The number of aliphatic hydroxyl groups excluding tert-OH is 1. The van der Waals surface area contributed by atoms with Gasteiger partial charge in [-0.3, -0.25) is 29.3 Å². The molecule has 0 radical (unpaired) electrons. The van der Waals surface area contributed by atoms with Gasteiger partial charge in [0.25, 0.3) is 0 Å². The molecule has 386 valence electrons. The molecule has 4 saturated heterocycles. The number of allylic oxidation sites excluding steroid dienone is 6. The highest BCUT2D eigenvalue weighted by Gasteiger charge is 2.58. The highest BCUT2D eigenvalue weighted by Crippen LogP contribution is 2.58. The lowest BCUT2D eigenvalue weighted by molar-refractivity contribution is -0.138. The van der Waals surface area contributed by atoms with E-state index in [2.05, 4.69) is 55.2 Å². The molecule has 15 nitrogen and oxygen atoms in total. The van der Waals surface area contributed by atoms with Gasteiger partial charge in [-0.25, -0.2) is 13.6 Å². The van der Waals surface area contributed by atoms with E-state index < -0.39 is 46.9 Å². The molecule has 7 aliphatic rings. The Morgan fingerprint density at radius 2 is 1.79 bits per heavy atom. The maximum Gasteiger partial charge on any atom is 0.329 e. The van der Waals surface area contributed by atoms with Crippen LogP contribution in [0.5, 0.6) is 5.75 Å². The van der Waals surface area contributed by atoms with Crippen LogP contribution in [0.25, 0.3) is 10.9 Å². The number of urea groups is 1. The number of nitrogens with one attached hydrogen (secondary N) is 2. The number of ether oxygens (including phenoxy) is 2. The van der Waals surface area contributed by atoms with Crippen molar-refractivity contribution in [2.45, 2.75) is 95.1 Å². The van der Waals surface area contributed by atoms with Gasteiger partial charge in [0.15, 0.2) is 23.0 Å². The van der Waals surface area contributed by atoms with Crippen LogP contribution in [0.4, 0.5) is 19.4 Å². The molecule has 0 bridgehead atoms. The summed E-state index contributed by atoms with van der Waals surface area (Å²) in [4.78, 5) is 57.4. The number of hydrogen-bond donors (Lipinski definition) is 4. The molecular formula is C56H66F2N8O7. The van der Waals surface area contributed by atoms with Gasteiger partial charge in [-0.15, -0.1) is 0 Å². The van der Waals surface area contributed by atoms with Crippen molar-refractivity contribution >= 4 is 40.5 Å². The number of carbonyl (C=O) groups is 4. The minimum Gasteiger partial charge on any atom is -0.488 e. The Labute approximate surface area is 424 Å². The largest absolute Gasteiger partial charge is 0.488 e. The molecule has 5 heterocycles. The monoisotopic (exact) mass is 1000 g/mol. The summed E-state index contributed by atoms with van der Waals surface area (Å²) in [5.41, 5.74) is 14.1. The molecule has 0 spiro atoms. The standard InChI is InChI=1S/C56H66F2N8O7/c1-33-43(57)30-46-49(48(33)50-42(52(59)69)15-16-45(51(50)58)72-28-27-67)34(2)56(73-46,39-7-5-4-6-8-39)32-60-40-12-9-37(10-13-40)54(70)65-24-17-35(18-25-65)31-64-22-19-36(20-23-64)38-11-14-41-44(29-38)63(3)62-53(41)66-26-21-47(68)61-55(66)71/h4-5,7,11,14-16,29-30,34-37,40,48-49,60,67H,9-10,12-13,17-28,31-32H2,1-3H3,(H2,59,69)(H,61,68,71). The van der Waals surface area contributed by atoms with Crippen LogP contribution < -0.4 is 26.0 Å². The molecule has 1 saturated carbocycles. The van der Waals surface area contributed by atoms with E-state index in [4.69, 9.17) is 15.2 Å². The van der Waals surface area contributed by atoms with E-state index in [0.29, 0.717) is 42.1 Å². The Bertz CT molecular complexity index is 2890. The molecule has 1 aromatic heterocycles. The minimum absolute atomic E-state index is 0.0364. The number of amides is 5. The second-order valence-corrected chi connectivity index (χ2v) is 21.1. The van der Waals surface area contributed by atoms with Gasteiger partial charge in [-0.2, -0.15) is 5.10 Å². The highest BCUT2D eigenvalue weighted by atomic mass is 19.1. The van der Waals surface area contributed by atoms with Gasteiger partial charge < -0.3 is 35.4 Å². The number of nitrogens with two attached hydrogens (primary N) is 1. The number of likely N-dealkylation sites (tertiary alicyclic amines) is 2. The molecule has 2 aromatic carbocycles. The van der Waals surface area contributed by atoms with Crippen LogP contribution in [0.2, 0.25) is 0 Å². The lowest BCUT2D eigenvalue weighted by atomic mass is 9.66. The third kappa shape index (κ3) is 9.69. The predicted molar refractivity (Wildman–Crippen MR) is 271 cm³/mol. The third-order valence-electron chi connectivity index (χ3n) is 16.9. The van der Waals surface area contributed by atoms with Crippen LogP contribution in [-0.2, 0) is 21.4 Å². The fourth-order valence-electron chi connectivity index (χ4n) is 12.8. The number of anilines is 1. The first-order chi connectivity index (χ1) is 35.2. The fourth-order valence-corrected chi connectivity index (χ4v) is 12.8. The maximum atomic E-state index is 16.6. The van der Waals surface area contributed by atoms with Crippen molar-refractivity contribution in [3.05, 3.63) is 111 Å². The molecule has 3 aliphatic carbocycles. The van der Waals surface area contributed by atoms with Crippen molar-refractivity contribution in [2.75, 3.05) is 63.9 Å². The number of nitrogens with zero attached hydrogens (tertiary/aromatic N) is 5. The quantitative estimate of drug-likeness (QED) is 0.123. The predicted octanol–water partition coefficient (Wildman–Crippen LogP) is 6.95. The van der Waals surface area contributed by atoms with Gasteiger partial charge in [0.1, 0.15) is 18.2 Å². The van der Waals surface area contributed by atoms with Gasteiger partial charge in [-0.1, -0.05) is 30.5 Å².